The van der Waals surface area contributed by atoms with Crippen molar-refractivity contribution in [2.24, 2.45) is 0 Å². The van der Waals surface area contributed by atoms with Crippen LogP contribution in [0.1, 0.15) is 154 Å². The first-order valence-corrected chi connectivity index (χ1v) is 15.4. The second-order valence-corrected chi connectivity index (χ2v) is 16.9. The molecule has 2 N–H and O–H groups in total. The fourth-order valence-corrected chi connectivity index (χ4v) is 2.64. The van der Waals surface area contributed by atoms with Gasteiger partial charge < -0.3 is 34.7 Å². The van der Waals surface area contributed by atoms with Crippen molar-refractivity contribution in [1.29, 1.82) is 0 Å². The Balaban J connectivity index is -0.0000000747. The highest BCUT2D eigenvalue weighted by Crippen LogP contribution is 2.17. The van der Waals surface area contributed by atoms with Gasteiger partial charge in [-0.2, -0.15) is 0 Å². The maximum atomic E-state index is 11.6. The van der Waals surface area contributed by atoms with Crippen LogP contribution in [0.15, 0.2) is 0 Å². The van der Waals surface area contributed by atoms with Gasteiger partial charge in [0, 0.05) is 71.4 Å². The zero-order chi connectivity index (χ0) is 37.9. The normalized spacial score (nSPS) is 11.1. The average Bonchev–Trinajstić information content (AvgIpc) is 2.78. The third-order valence-electron chi connectivity index (χ3n) is 6.95. The van der Waals surface area contributed by atoms with Crippen molar-refractivity contribution in [3.05, 3.63) is 0 Å². The minimum absolute atomic E-state index is 0. The van der Waals surface area contributed by atoms with Gasteiger partial charge in [-0.3, -0.25) is 14.4 Å². The highest BCUT2D eigenvalue weighted by molar-refractivity contribution is 5.84. The van der Waals surface area contributed by atoms with Gasteiger partial charge in [0.2, 0.25) is 11.8 Å². The molecule has 302 valence electrons. The van der Waals surface area contributed by atoms with E-state index < -0.39 is 11.2 Å². The van der Waals surface area contributed by atoms with E-state index >= 15 is 0 Å². The molecule has 0 saturated carbocycles. The summed E-state index contributed by atoms with van der Waals surface area (Å²) in [6.07, 6.45) is 0.167. The Kier molecular flexibility index (Phi) is 31.7. The lowest BCUT2D eigenvalue weighted by molar-refractivity contribution is -0.151. The molecular formula is C38H89N5O6. The Hall–Kier alpha value is -2.40. The number of likely N-dealkylation sites (N-methyl/N-ethyl adjacent to an activating group) is 1. The monoisotopic (exact) mass is 712 g/mol. The summed E-state index contributed by atoms with van der Waals surface area (Å²) in [7, 11) is 10.6. The zero-order valence-corrected chi connectivity index (χ0v) is 33.5. The van der Waals surface area contributed by atoms with Crippen LogP contribution in [-0.4, -0.2) is 134 Å². The molecule has 0 aromatic heterocycles. The van der Waals surface area contributed by atoms with Crippen molar-refractivity contribution < 1.29 is 29.4 Å². The third-order valence-corrected chi connectivity index (χ3v) is 6.95. The van der Waals surface area contributed by atoms with Crippen molar-refractivity contribution in [2.75, 3.05) is 42.3 Å². The van der Waals surface area contributed by atoms with Crippen molar-refractivity contribution in [3.63, 3.8) is 0 Å². The molecule has 0 spiro atoms. The fraction of sp³-hybridized carbons (Fsp3) is 0.895. The molecule has 11 nitrogen and oxygen atoms in total. The first-order chi connectivity index (χ1) is 19.2. The number of nitrogens with zero attached hydrogens (tertiary/aromatic N) is 5. The van der Waals surface area contributed by atoms with Gasteiger partial charge in [0.25, 0.3) is 5.91 Å². The van der Waals surface area contributed by atoms with Gasteiger partial charge in [-0.15, -0.1) is 0 Å². The van der Waals surface area contributed by atoms with Gasteiger partial charge in [0.15, 0.2) is 0 Å². The quantitative estimate of drug-likeness (QED) is 0.310. The molecule has 0 rings (SSSR count). The maximum Gasteiger partial charge on any atom is 0.319 e. The minimum Gasteiger partial charge on any atom is -0.390 e. The van der Waals surface area contributed by atoms with E-state index in [1.807, 2.05) is 97.2 Å². The largest absolute Gasteiger partial charge is 0.390 e. The Labute approximate surface area is 306 Å². The van der Waals surface area contributed by atoms with E-state index in [9.17, 15) is 29.4 Å². The molecule has 0 aliphatic rings. The lowest BCUT2D eigenvalue weighted by Gasteiger charge is -2.35. The van der Waals surface area contributed by atoms with Crippen molar-refractivity contribution in [3.8, 4) is 0 Å². The number of carbonyl (C=O) groups excluding carboxylic acids is 4. The van der Waals surface area contributed by atoms with Crippen LogP contribution in [0, 0.1) is 0 Å². The molecule has 0 saturated heterocycles. The molecule has 0 atom stereocenters. The number of hydrogen-bond donors (Lipinski definition) is 2. The number of urea groups is 1. The Morgan fingerprint density at radius 1 is 0.469 bits per heavy atom. The summed E-state index contributed by atoms with van der Waals surface area (Å²) in [6, 6.07) is 0.0394. The average molecular weight is 712 g/mol. The molecule has 0 bridgehead atoms. The molecule has 0 heterocycles. The molecule has 49 heavy (non-hydrogen) atoms. The standard InChI is InChI=1S/C10H21NO2.C9H19NO2.C8H18N2O.C7H15NO.4CH4/c1-9(2,3)11(6)8(12)7-10(4,5)13;1-8(2,3)10(6)7(11)9(4,5)12;1-8(2,3)10(6)7(11)9(4)5;1-6(9)8(5)7(2,3)4;;;;/h13H,7H2,1-6H3;12H,1-6H3;1-6H3;1-5H3;4*1H4. The van der Waals surface area contributed by atoms with Crippen LogP contribution in [0.5, 0.6) is 0 Å². The van der Waals surface area contributed by atoms with E-state index in [-0.39, 0.29) is 82.0 Å². The second kappa shape index (κ2) is 23.9. The van der Waals surface area contributed by atoms with Gasteiger partial charge in [0.1, 0.15) is 5.60 Å². The lowest BCUT2D eigenvalue weighted by atomic mass is 10.0. The highest BCUT2D eigenvalue weighted by atomic mass is 16.3. The summed E-state index contributed by atoms with van der Waals surface area (Å²) in [5, 5.41) is 18.9. The van der Waals surface area contributed by atoms with Gasteiger partial charge >= 0.3 is 6.03 Å². The van der Waals surface area contributed by atoms with Gasteiger partial charge in [-0.25, -0.2) is 4.79 Å². The van der Waals surface area contributed by atoms with E-state index in [0.29, 0.717) is 0 Å². The van der Waals surface area contributed by atoms with Crippen LogP contribution in [0.2, 0.25) is 0 Å². The summed E-state index contributed by atoms with van der Waals surface area (Å²) >= 11 is 0. The van der Waals surface area contributed by atoms with E-state index in [1.165, 1.54) is 13.8 Å². The summed E-state index contributed by atoms with van der Waals surface area (Å²) in [6.45, 7) is 31.6. The fourth-order valence-electron chi connectivity index (χ4n) is 2.64. The smallest absolute Gasteiger partial charge is 0.319 e. The number of aliphatic hydroxyl groups is 2. The van der Waals surface area contributed by atoms with Crippen molar-refractivity contribution in [1.82, 2.24) is 24.5 Å². The SMILES string of the molecule is C.C.C.C.CC(=O)N(C)C(C)(C)C.CN(C(=O)C(C)(C)O)C(C)(C)C.CN(C(=O)CC(C)(C)O)C(C)(C)C.CN(C)C(=O)N(C)C(C)(C)C. The molecule has 11 heteroatoms. The molecule has 0 aromatic rings. The Morgan fingerprint density at radius 3 is 0.837 bits per heavy atom. The first-order valence-electron chi connectivity index (χ1n) is 15.4. The van der Waals surface area contributed by atoms with Gasteiger partial charge in [0.05, 0.1) is 12.0 Å². The minimum atomic E-state index is -1.28. The van der Waals surface area contributed by atoms with E-state index in [0.717, 1.165) is 0 Å². The maximum absolute atomic E-state index is 11.6. The predicted octanol–water partition coefficient (Wildman–Crippen LogP) is 7.62. The van der Waals surface area contributed by atoms with Crippen LogP contribution in [0.3, 0.4) is 0 Å². The van der Waals surface area contributed by atoms with Gasteiger partial charge in [-0.1, -0.05) is 29.7 Å². The molecule has 0 aliphatic heterocycles. The molecule has 5 amide bonds. The van der Waals surface area contributed by atoms with Crippen LogP contribution < -0.4 is 0 Å². The summed E-state index contributed by atoms with van der Waals surface area (Å²) in [5.74, 6) is -0.169. The molecule has 0 unspecified atom stereocenters. The molecule has 0 aliphatic carbocycles. The first kappa shape index (κ1) is 65.0. The number of amides is 5. The van der Waals surface area contributed by atoms with Crippen LogP contribution >= 0.6 is 0 Å². The lowest BCUT2D eigenvalue weighted by Crippen LogP contribution is -2.51. The molecular weight excluding hydrogens is 622 g/mol. The second-order valence-electron chi connectivity index (χ2n) is 16.9. The molecule has 0 aromatic carbocycles. The summed E-state index contributed by atoms with van der Waals surface area (Å²) in [4.78, 5) is 53.3. The Bertz CT molecular complexity index is 923. The van der Waals surface area contributed by atoms with Crippen LogP contribution in [0.25, 0.3) is 0 Å². The third kappa shape index (κ3) is 31.3. The van der Waals surface area contributed by atoms with E-state index in [4.69, 9.17) is 0 Å². The highest BCUT2D eigenvalue weighted by Gasteiger charge is 2.32. The van der Waals surface area contributed by atoms with Crippen LogP contribution in [0.4, 0.5) is 4.79 Å². The number of rotatable bonds is 3. The van der Waals surface area contributed by atoms with E-state index in [1.54, 1.807) is 73.5 Å². The molecule has 0 radical (unpaired) electrons. The zero-order valence-electron chi connectivity index (χ0n) is 33.5. The van der Waals surface area contributed by atoms with Crippen molar-refractivity contribution >= 4 is 23.8 Å². The van der Waals surface area contributed by atoms with Crippen molar-refractivity contribution in [2.45, 2.75) is 187 Å². The van der Waals surface area contributed by atoms with Gasteiger partial charge in [-0.05, 0) is 111 Å². The number of carbonyl (C=O) groups is 4. The van der Waals surface area contributed by atoms with E-state index in [2.05, 4.69) is 0 Å². The Morgan fingerprint density at radius 2 is 0.735 bits per heavy atom. The summed E-state index contributed by atoms with van der Waals surface area (Å²) in [5.41, 5.74) is -2.74. The van der Waals surface area contributed by atoms with Crippen LogP contribution in [-0.2, 0) is 14.4 Å². The number of hydrogen-bond acceptors (Lipinski definition) is 6. The molecule has 0 fully saturated rings. The summed E-state index contributed by atoms with van der Waals surface area (Å²) < 4.78 is 0. The predicted molar refractivity (Wildman–Crippen MR) is 214 cm³/mol. The topological polar surface area (TPSA) is 125 Å².